The number of nitrogens with zero attached hydrogens (tertiary/aromatic N) is 1. The van der Waals surface area contributed by atoms with E-state index >= 15 is 0 Å². The van der Waals surface area contributed by atoms with E-state index in [0.29, 0.717) is 0 Å². The summed E-state index contributed by atoms with van der Waals surface area (Å²) >= 11 is 8.28. The number of hydrogen-bond donors (Lipinski definition) is 1. The maximum atomic E-state index is 6.20. The number of rotatable bonds is 3. The lowest BCUT2D eigenvalue weighted by atomic mass is 10.1. The molecule has 1 unspecified atom stereocenters. The van der Waals surface area contributed by atoms with Crippen LogP contribution in [0.3, 0.4) is 0 Å². The number of benzene rings is 1. The monoisotopic (exact) mass is 270 g/mol. The maximum absolute atomic E-state index is 6.20. The molecule has 1 aromatic rings. The van der Waals surface area contributed by atoms with Crippen molar-refractivity contribution < 1.29 is 0 Å². The summed E-state index contributed by atoms with van der Waals surface area (Å²) < 4.78 is 0. The first-order chi connectivity index (χ1) is 8.19. The summed E-state index contributed by atoms with van der Waals surface area (Å²) in [6.45, 7) is 5.48. The van der Waals surface area contributed by atoms with Crippen molar-refractivity contribution in [2.24, 2.45) is 0 Å². The molecule has 94 valence electrons. The highest BCUT2D eigenvalue weighted by Gasteiger charge is 2.19. The third-order valence-electron chi connectivity index (χ3n) is 3.14. The Hall–Kier alpha value is -0.380. The molecule has 2 N–H and O–H groups in total. The van der Waals surface area contributed by atoms with E-state index in [1.807, 2.05) is 18.2 Å². The van der Waals surface area contributed by atoms with Crippen molar-refractivity contribution in [2.45, 2.75) is 25.1 Å². The minimum absolute atomic E-state index is 0.767. The van der Waals surface area contributed by atoms with E-state index in [1.54, 1.807) is 0 Å². The standard InChI is InChI=1S/C13H19ClN2S/c1-2-12-9-16(5-6-17-12)8-10-7-11(15)3-4-13(10)14/h3-4,7,12H,2,5-6,8-9,15H2,1H3. The molecule has 2 rings (SSSR count). The molecule has 1 saturated heterocycles. The molecule has 17 heavy (non-hydrogen) atoms. The van der Waals surface area contributed by atoms with Gasteiger partial charge in [0.2, 0.25) is 0 Å². The van der Waals surface area contributed by atoms with Crippen molar-refractivity contribution in [1.82, 2.24) is 4.90 Å². The molecule has 2 nitrogen and oxygen atoms in total. The molecule has 1 aliphatic rings. The number of hydrogen-bond acceptors (Lipinski definition) is 3. The van der Waals surface area contributed by atoms with Crippen molar-refractivity contribution >= 4 is 29.1 Å². The molecule has 1 aromatic carbocycles. The van der Waals surface area contributed by atoms with E-state index in [1.165, 1.54) is 12.2 Å². The van der Waals surface area contributed by atoms with E-state index in [4.69, 9.17) is 17.3 Å². The predicted molar refractivity (Wildman–Crippen MR) is 77.7 cm³/mol. The molecule has 0 bridgehead atoms. The van der Waals surface area contributed by atoms with Crippen molar-refractivity contribution in [3.8, 4) is 0 Å². The van der Waals surface area contributed by atoms with Gasteiger partial charge in [0.15, 0.2) is 0 Å². The molecule has 1 fully saturated rings. The van der Waals surface area contributed by atoms with Crippen LogP contribution in [0.1, 0.15) is 18.9 Å². The van der Waals surface area contributed by atoms with E-state index < -0.39 is 0 Å². The van der Waals surface area contributed by atoms with Crippen LogP contribution in [0.2, 0.25) is 5.02 Å². The lowest BCUT2D eigenvalue weighted by Gasteiger charge is -2.32. The smallest absolute Gasteiger partial charge is 0.0452 e. The normalized spacial score (nSPS) is 21.6. The summed E-state index contributed by atoms with van der Waals surface area (Å²) in [5, 5.41) is 1.59. The van der Waals surface area contributed by atoms with Crippen LogP contribution in [0.15, 0.2) is 18.2 Å². The Labute approximate surface area is 113 Å². The molecule has 0 radical (unpaired) electrons. The van der Waals surface area contributed by atoms with Gasteiger partial charge in [0.1, 0.15) is 0 Å². The average molecular weight is 271 g/mol. The highest BCUT2D eigenvalue weighted by molar-refractivity contribution is 8.00. The first-order valence-electron chi connectivity index (χ1n) is 6.07. The fraction of sp³-hybridized carbons (Fsp3) is 0.538. The summed E-state index contributed by atoms with van der Waals surface area (Å²) in [6, 6.07) is 5.74. The van der Waals surface area contributed by atoms with Crippen molar-refractivity contribution in [3.05, 3.63) is 28.8 Å². The first-order valence-corrected chi connectivity index (χ1v) is 7.49. The van der Waals surface area contributed by atoms with E-state index in [9.17, 15) is 0 Å². The van der Waals surface area contributed by atoms with Gasteiger partial charge < -0.3 is 5.73 Å². The Morgan fingerprint density at radius 1 is 1.53 bits per heavy atom. The van der Waals surface area contributed by atoms with Crippen molar-refractivity contribution in [1.29, 1.82) is 0 Å². The third kappa shape index (κ3) is 3.54. The number of halogens is 1. The van der Waals surface area contributed by atoms with Gasteiger partial charge in [-0.25, -0.2) is 0 Å². The number of anilines is 1. The molecule has 4 heteroatoms. The largest absolute Gasteiger partial charge is 0.399 e. The fourth-order valence-corrected chi connectivity index (χ4v) is 3.55. The van der Waals surface area contributed by atoms with Gasteiger partial charge in [-0.05, 0) is 30.2 Å². The fourth-order valence-electron chi connectivity index (χ4n) is 2.13. The van der Waals surface area contributed by atoms with Gasteiger partial charge in [0, 0.05) is 41.3 Å². The SMILES string of the molecule is CCC1CN(Cc2cc(N)ccc2Cl)CCS1. The summed E-state index contributed by atoms with van der Waals surface area (Å²) in [6.07, 6.45) is 1.24. The Morgan fingerprint density at radius 2 is 2.35 bits per heavy atom. The van der Waals surface area contributed by atoms with Gasteiger partial charge in [-0.3, -0.25) is 4.90 Å². The topological polar surface area (TPSA) is 29.3 Å². The quantitative estimate of drug-likeness (QED) is 0.855. The molecule has 0 aliphatic carbocycles. The molecule has 0 saturated carbocycles. The van der Waals surface area contributed by atoms with E-state index in [2.05, 4.69) is 23.6 Å². The Kier molecular flexibility index (Phi) is 4.60. The van der Waals surface area contributed by atoms with Gasteiger partial charge in [-0.2, -0.15) is 11.8 Å². The van der Waals surface area contributed by atoms with E-state index in [0.717, 1.165) is 41.2 Å². The summed E-state index contributed by atoms with van der Waals surface area (Å²) in [4.78, 5) is 2.48. The highest BCUT2D eigenvalue weighted by Crippen LogP contribution is 2.25. The zero-order valence-electron chi connectivity index (χ0n) is 10.2. The first kappa shape index (κ1) is 13.1. The van der Waals surface area contributed by atoms with Crippen LogP contribution in [0, 0.1) is 0 Å². The zero-order valence-corrected chi connectivity index (χ0v) is 11.7. The Morgan fingerprint density at radius 3 is 3.12 bits per heavy atom. The van der Waals surface area contributed by atoms with Gasteiger partial charge >= 0.3 is 0 Å². The van der Waals surface area contributed by atoms with Crippen LogP contribution in [-0.2, 0) is 6.54 Å². The Bertz CT molecular complexity index is 384. The summed E-state index contributed by atoms with van der Waals surface area (Å²) in [5.74, 6) is 1.22. The van der Waals surface area contributed by atoms with E-state index in [-0.39, 0.29) is 0 Å². The Balaban J connectivity index is 2.02. The zero-order chi connectivity index (χ0) is 12.3. The van der Waals surface area contributed by atoms with Crippen LogP contribution in [0.4, 0.5) is 5.69 Å². The molecule has 0 amide bonds. The van der Waals surface area contributed by atoms with Crippen LogP contribution in [-0.4, -0.2) is 29.0 Å². The second-order valence-corrected chi connectivity index (χ2v) is 6.30. The lowest BCUT2D eigenvalue weighted by molar-refractivity contribution is 0.273. The molecule has 1 aliphatic heterocycles. The molecule has 0 spiro atoms. The molecular formula is C13H19ClN2S. The molecule has 1 atom stereocenters. The van der Waals surface area contributed by atoms with Crippen LogP contribution >= 0.6 is 23.4 Å². The van der Waals surface area contributed by atoms with Crippen LogP contribution < -0.4 is 5.73 Å². The van der Waals surface area contributed by atoms with Gasteiger partial charge in [-0.1, -0.05) is 18.5 Å². The lowest BCUT2D eigenvalue weighted by Crippen LogP contribution is -2.37. The minimum Gasteiger partial charge on any atom is -0.399 e. The number of thioether (sulfide) groups is 1. The second-order valence-electron chi connectivity index (χ2n) is 4.49. The van der Waals surface area contributed by atoms with Crippen LogP contribution in [0.5, 0.6) is 0 Å². The third-order valence-corrected chi connectivity index (χ3v) is 4.88. The van der Waals surface area contributed by atoms with Crippen molar-refractivity contribution in [2.75, 3.05) is 24.6 Å². The summed E-state index contributed by atoms with van der Waals surface area (Å²) in [5.41, 5.74) is 7.75. The van der Waals surface area contributed by atoms with Crippen molar-refractivity contribution in [3.63, 3.8) is 0 Å². The molecule has 0 aromatic heterocycles. The van der Waals surface area contributed by atoms with Crippen LogP contribution in [0.25, 0.3) is 0 Å². The highest BCUT2D eigenvalue weighted by atomic mass is 35.5. The number of nitrogens with two attached hydrogens (primary N) is 1. The predicted octanol–water partition coefficient (Wildman–Crippen LogP) is 3.25. The van der Waals surface area contributed by atoms with Gasteiger partial charge in [0.25, 0.3) is 0 Å². The second kappa shape index (κ2) is 5.98. The summed E-state index contributed by atoms with van der Waals surface area (Å²) in [7, 11) is 0. The minimum atomic E-state index is 0.767. The molecular weight excluding hydrogens is 252 g/mol. The molecule has 1 heterocycles. The average Bonchev–Trinajstić information content (AvgIpc) is 2.34. The van der Waals surface area contributed by atoms with Gasteiger partial charge in [-0.15, -0.1) is 0 Å². The van der Waals surface area contributed by atoms with Gasteiger partial charge in [0.05, 0.1) is 0 Å². The maximum Gasteiger partial charge on any atom is 0.0452 e. The number of nitrogen functional groups attached to an aromatic ring is 1.